The Morgan fingerprint density at radius 1 is 1.39 bits per heavy atom. The molecule has 5 heteroatoms. The zero-order valence-corrected chi connectivity index (χ0v) is 10.1. The molecule has 0 aliphatic heterocycles. The third-order valence-corrected chi connectivity index (χ3v) is 3.24. The van der Waals surface area contributed by atoms with Gasteiger partial charge >= 0.3 is 0 Å². The monoisotopic (exact) mass is 247 g/mol. The number of hydrogen-bond acceptors (Lipinski definition) is 3. The van der Waals surface area contributed by atoms with Crippen LogP contribution in [0.2, 0.25) is 0 Å². The number of halogens is 1. The van der Waals surface area contributed by atoms with E-state index in [9.17, 15) is 9.50 Å². The SMILES string of the molecule is Cc1cc(-c2nnc(CO)n2C2CC2)ccc1F. The second-order valence-corrected chi connectivity index (χ2v) is 4.66. The van der Waals surface area contributed by atoms with E-state index in [1.165, 1.54) is 6.07 Å². The van der Waals surface area contributed by atoms with E-state index in [1.54, 1.807) is 19.1 Å². The maximum Gasteiger partial charge on any atom is 0.164 e. The van der Waals surface area contributed by atoms with Crippen molar-refractivity contribution in [2.24, 2.45) is 0 Å². The second kappa shape index (κ2) is 4.17. The molecule has 1 aromatic carbocycles. The van der Waals surface area contributed by atoms with Gasteiger partial charge in [-0.3, -0.25) is 0 Å². The van der Waals surface area contributed by atoms with Crippen molar-refractivity contribution >= 4 is 0 Å². The van der Waals surface area contributed by atoms with Crippen LogP contribution >= 0.6 is 0 Å². The molecule has 18 heavy (non-hydrogen) atoms. The molecule has 0 spiro atoms. The standard InChI is InChI=1S/C13H14FN3O/c1-8-6-9(2-5-11(8)14)13-16-15-12(7-18)17(13)10-3-4-10/h2,5-6,10,18H,3-4,7H2,1H3. The molecular weight excluding hydrogens is 233 g/mol. The lowest BCUT2D eigenvalue weighted by Crippen LogP contribution is -2.03. The largest absolute Gasteiger partial charge is 0.388 e. The maximum absolute atomic E-state index is 13.3. The van der Waals surface area contributed by atoms with Crippen LogP contribution in [0.25, 0.3) is 11.4 Å². The predicted octanol–water partition coefficient (Wildman–Crippen LogP) is 2.22. The minimum absolute atomic E-state index is 0.121. The van der Waals surface area contributed by atoms with E-state index in [1.807, 2.05) is 4.57 Å². The summed E-state index contributed by atoms with van der Waals surface area (Å²) in [6, 6.07) is 5.28. The third kappa shape index (κ3) is 1.80. The van der Waals surface area contributed by atoms with Crippen molar-refractivity contribution in [1.29, 1.82) is 0 Å². The number of hydrogen-bond donors (Lipinski definition) is 1. The molecule has 0 bridgehead atoms. The van der Waals surface area contributed by atoms with Crippen LogP contribution in [0.3, 0.4) is 0 Å². The number of nitrogens with zero attached hydrogens (tertiary/aromatic N) is 3. The van der Waals surface area contributed by atoms with E-state index in [0.29, 0.717) is 23.3 Å². The van der Waals surface area contributed by atoms with Crippen LogP contribution < -0.4 is 0 Å². The zero-order chi connectivity index (χ0) is 12.7. The summed E-state index contributed by atoms with van der Waals surface area (Å²) in [6.45, 7) is 1.60. The molecule has 0 saturated heterocycles. The van der Waals surface area contributed by atoms with Crippen LogP contribution in [0.1, 0.15) is 30.3 Å². The first-order valence-electron chi connectivity index (χ1n) is 6.02. The molecule has 1 heterocycles. The molecule has 0 amide bonds. The molecule has 2 aromatic rings. The summed E-state index contributed by atoms with van der Waals surface area (Å²) in [4.78, 5) is 0. The zero-order valence-electron chi connectivity index (χ0n) is 10.1. The van der Waals surface area contributed by atoms with Gasteiger partial charge in [0.2, 0.25) is 0 Å². The fourth-order valence-electron chi connectivity index (χ4n) is 2.13. The lowest BCUT2D eigenvalue weighted by molar-refractivity contribution is 0.265. The van der Waals surface area contributed by atoms with Gasteiger partial charge < -0.3 is 9.67 Å². The van der Waals surface area contributed by atoms with Gasteiger partial charge in [-0.05, 0) is 43.5 Å². The Labute approximate surface area is 104 Å². The van der Waals surface area contributed by atoms with Crippen molar-refractivity contribution in [3.05, 3.63) is 35.4 Å². The summed E-state index contributed by atoms with van der Waals surface area (Å²) < 4.78 is 15.2. The highest BCUT2D eigenvalue weighted by Crippen LogP contribution is 2.39. The summed E-state index contributed by atoms with van der Waals surface area (Å²) in [5.41, 5.74) is 1.43. The fourth-order valence-corrected chi connectivity index (χ4v) is 2.13. The molecule has 1 aromatic heterocycles. The van der Waals surface area contributed by atoms with E-state index in [0.717, 1.165) is 18.4 Å². The minimum atomic E-state index is -0.224. The average molecular weight is 247 g/mol. The number of aryl methyl sites for hydroxylation is 1. The Morgan fingerprint density at radius 2 is 2.17 bits per heavy atom. The van der Waals surface area contributed by atoms with Gasteiger partial charge in [-0.1, -0.05) is 0 Å². The van der Waals surface area contributed by atoms with Crippen molar-refractivity contribution in [2.75, 3.05) is 0 Å². The Bertz CT molecular complexity index is 590. The van der Waals surface area contributed by atoms with Crippen molar-refractivity contribution in [1.82, 2.24) is 14.8 Å². The van der Waals surface area contributed by atoms with Crippen molar-refractivity contribution in [3.63, 3.8) is 0 Å². The van der Waals surface area contributed by atoms with Crippen LogP contribution in [0.15, 0.2) is 18.2 Å². The summed E-state index contributed by atoms with van der Waals surface area (Å²) in [6.07, 6.45) is 2.16. The van der Waals surface area contributed by atoms with Crippen molar-refractivity contribution < 1.29 is 9.50 Å². The Balaban J connectivity index is 2.10. The number of aliphatic hydroxyl groups is 1. The molecule has 1 N–H and O–H groups in total. The molecule has 0 atom stereocenters. The number of aliphatic hydroxyl groups excluding tert-OH is 1. The molecule has 1 aliphatic rings. The van der Waals surface area contributed by atoms with E-state index in [2.05, 4.69) is 10.2 Å². The van der Waals surface area contributed by atoms with Gasteiger partial charge in [0.1, 0.15) is 12.4 Å². The van der Waals surface area contributed by atoms with Crippen LogP contribution in [-0.4, -0.2) is 19.9 Å². The summed E-state index contributed by atoms with van der Waals surface area (Å²) in [7, 11) is 0. The molecule has 1 fully saturated rings. The quantitative estimate of drug-likeness (QED) is 0.904. The van der Waals surface area contributed by atoms with Gasteiger partial charge in [0, 0.05) is 11.6 Å². The molecule has 1 aliphatic carbocycles. The van der Waals surface area contributed by atoms with Crippen molar-refractivity contribution in [2.45, 2.75) is 32.4 Å². The highest BCUT2D eigenvalue weighted by molar-refractivity contribution is 5.57. The van der Waals surface area contributed by atoms with Gasteiger partial charge in [0.05, 0.1) is 0 Å². The van der Waals surface area contributed by atoms with E-state index in [-0.39, 0.29) is 12.4 Å². The van der Waals surface area contributed by atoms with Gasteiger partial charge in [-0.25, -0.2) is 4.39 Å². The maximum atomic E-state index is 13.3. The Hall–Kier alpha value is -1.75. The molecule has 0 radical (unpaired) electrons. The molecular formula is C13H14FN3O. The van der Waals surface area contributed by atoms with Gasteiger partial charge in [-0.15, -0.1) is 10.2 Å². The summed E-state index contributed by atoms with van der Waals surface area (Å²) >= 11 is 0. The number of benzene rings is 1. The lowest BCUT2D eigenvalue weighted by atomic mass is 10.1. The van der Waals surface area contributed by atoms with Crippen LogP contribution in [0, 0.1) is 12.7 Å². The van der Waals surface area contributed by atoms with Gasteiger partial charge in [-0.2, -0.15) is 0 Å². The topological polar surface area (TPSA) is 50.9 Å². The number of rotatable bonds is 3. The van der Waals surface area contributed by atoms with Crippen molar-refractivity contribution in [3.8, 4) is 11.4 Å². The second-order valence-electron chi connectivity index (χ2n) is 4.66. The average Bonchev–Trinajstić information content (AvgIpc) is 3.12. The minimum Gasteiger partial charge on any atom is -0.388 e. The normalized spacial score (nSPS) is 15.1. The lowest BCUT2D eigenvalue weighted by Gasteiger charge is -2.08. The van der Waals surface area contributed by atoms with Gasteiger partial charge in [0.25, 0.3) is 0 Å². The highest BCUT2D eigenvalue weighted by Gasteiger charge is 2.29. The molecule has 3 rings (SSSR count). The third-order valence-electron chi connectivity index (χ3n) is 3.24. The molecule has 0 unspecified atom stereocenters. The van der Waals surface area contributed by atoms with Crippen LogP contribution in [-0.2, 0) is 6.61 Å². The first kappa shape index (κ1) is 11.3. The number of aromatic nitrogens is 3. The first-order valence-corrected chi connectivity index (χ1v) is 6.02. The van der Waals surface area contributed by atoms with Crippen LogP contribution in [0.4, 0.5) is 4.39 Å². The smallest absolute Gasteiger partial charge is 0.164 e. The summed E-state index contributed by atoms with van der Waals surface area (Å²) in [5.74, 6) is 1.07. The predicted molar refractivity (Wildman–Crippen MR) is 64.3 cm³/mol. The Morgan fingerprint density at radius 3 is 2.78 bits per heavy atom. The molecule has 94 valence electrons. The van der Waals surface area contributed by atoms with Crippen LogP contribution in [0.5, 0.6) is 0 Å². The first-order chi connectivity index (χ1) is 8.70. The summed E-state index contributed by atoms with van der Waals surface area (Å²) in [5, 5.41) is 17.4. The molecule has 1 saturated carbocycles. The van der Waals surface area contributed by atoms with E-state index >= 15 is 0 Å². The van der Waals surface area contributed by atoms with E-state index in [4.69, 9.17) is 0 Å². The highest BCUT2D eigenvalue weighted by atomic mass is 19.1. The Kier molecular flexibility index (Phi) is 2.63. The fraction of sp³-hybridized carbons (Fsp3) is 0.385. The van der Waals surface area contributed by atoms with E-state index < -0.39 is 0 Å². The van der Waals surface area contributed by atoms with Gasteiger partial charge in [0.15, 0.2) is 11.6 Å². The molecule has 4 nitrogen and oxygen atoms in total.